The minimum absolute atomic E-state index is 0.442. The second-order valence-corrected chi connectivity index (χ2v) is 2.71. The average Bonchev–Trinajstić information content (AvgIpc) is 1.87. The number of nitrogens with zero attached hydrogens (tertiary/aromatic N) is 1. The van der Waals surface area contributed by atoms with Crippen LogP contribution in [-0.2, 0) is 4.74 Å². The maximum absolute atomic E-state index is 9.62. The number of ether oxygens (including phenoxy) is 1. The molecule has 0 aromatic rings. The van der Waals surface area contributed by atoms with E-state index in [9.17, 15) is 5.11 Å². The second-order valence-electron chi connectivity index (χ2n) is 2.71. The van der Waals surface area contributed by atoms with Crippen LogP contribution in [0.4, 0.5) is 0 Å². The predicted octanol–water partition coefficient (Wildman–Crippen LogP) is -0.550. The van der Waals surface area contributed by atoms with Gasteiger partial charge in [0.2, 0.25) is 5.91 Å². The first-order valence-electron chi connectivity index (χ1n) is 3.74. The summed E-state index contributed by atoms with van der Waals surface area (Å²) in [4.78, 5) is 1.85. The minimum atomic E-state index is -1.21. The Hall–Kier alpha value is -0.160. The zero-order chi connectivity index (χ0) is 8.91. The van der Waals surface area contributed by atoms with Crippen LogP contribution in [0.15, 0.2) is 0 Å². The molecule has 0 rings (SSSR count). The summed E-state index contributed by atoms with van der Waals surface area (Å²) in [7, 11) is 5.42. The van der Waals surface area contributed by atoms with Crippen molar-refractivity contribution in [3.05, 3.63) is 0 Å². The highest BCUT2D eigenvalue weighted by atomic mass is 16.6. The van der Waals surface area contributed by atoms with E-state index in [4.69, 9.17) is 4.74 Å². The summed E-state index contributed by atoms with van der Waals surface area (Å²) in [6.07, 6.45) is 0. The Kier molecular flexibility index (Phi) is 4.60. The van der Waals surface area contributed by atoms with Crippen molar-refractivity contribution in [2.24, 2.45) is 0 Å². The molecule has 0 saturated heterocycles. The summed E-state index contributed by atoms with van der Waals surface area (Å²) >= 11 is 0. The molecule has 0 fully saturated rings. The van der Waals surface area contributed by atoms with Crippen LogP contribution in [-0.4, -0.2) is 50.2 Å². The third-order valence-corrected chi connectivity index (χ3v) is 1.30. The Morgan fingerprint density at radius 1 is 1.55 bits per heavy atom. The molecule has 11 heavy (non-hydrogen) atoms. The summed E-state index contributed by atoms with van der Waals surface area (Å²) < 4.78 is 5.09. The van der Waals surface area contributed by atoms with Crippen molar-refractivity contribution in [3.8, 4) is 0 Å². The van der Waals surface area contributed by atoms with Gasteiger partial charge in [0.25, 0.3) is 0 Å². The lowest BCUT2D eigenvalue weighted by atomic mass is 10.4. The molecule has 0 radical (unpaired) electrons. The van der Waals surface area contributed by atoms with Gasteiger partial charge in [-0.15, -0.1) is 0 Å². The standard InChI is InChI=1S/C7H18N2O2/c1-5-11-7(10,8-2)6-9(3)4/h8,10H,5-6H2,1-4H3. The smallest absolute Gasteiger partial charge is 0.238 e. The van der Waals surface area contributed by atoms with Gasteiger partial charge in [0, 0.05) is 6.61 Å². The van der Waals surface area contributed by atoms with Crippen LogP contribution < -0.4 is 5.32 Å². The molecule has 68 valence electrons. The number of aliphatic hydroxyl groups is 1. The zero-order valence-electron chi connectivity index (χ0n) is 7.72. The van der Waals surface area contributed by atoms with E-state index in [2.05, 4.69) is 5.32 Å². The first kappa shape index (κ1) is 10.8. The maximum Gasteiger partial charge on any atom is 0.238 e. The van der Waals surface area contributed by atoms with Crippen LogP contribution in [0.25, 0.3) is 0 Å². The Labute approximate surface area is 68.1 Å². The van der Waals surface area contributed by atoms with Crippen molar-refractivity contribution in [2.45, 2.75) is 12.8 Å². The van der Waals surface area contributed by atoms with Crippen LogP contribution in [0.1, 0.15) is 6.92 Å². The lowest BCUT2D eigenvalue weighted by molar-refractivity contribution is -0.224. The summed E-state index contributed by atoms with van der Waals surface area (Å²) in [5.41, 5.74) is 0. The fraction of sp³-hybridized carbons (Fsp3) is 1.00. The highest BCUT2D eigenvalue weighted by Gasteiger charge is 2.25. The fourth-order valence-electron chi connectivity index (χ4n) is 0.864. The van der Waals surface area contributed by atoms with E-state index in [-0.39, 0.29) is 0 Å². The SMILES string of the molecule is CCOC(O)(CN(C)C)NC. The summed E-state index contributed by atoms with van der Waals surface area (Å²) in [5, 5.41) is 12.3. The van der Waals surface area contributed by atoms with Crippen LogP contribution >= 0.6 is 0 Å². The van der Waals surface area contributed by atoms with Crippen LogP contribution in [0.3, 0.4) is 0 Å². The molecule has 0 aliphatic heterocycles. The van der Waals surface area contributed by atoms with E-state index in [0.29, 0.717) is 13.2 Å². The molecule has 2 N–H and O–H groups in total. The Morgan fingerprint density at radius 3 is 2.36 bits per heavy atom. The number of hydrogen-bond donors (Lipinski definition) is 2. The molecule has 4 heteroatoms. The first-order chi connectivity index (χ1) is 5.04. The van der Waals surface area contributed by atoms with E-state index >= 15 is 0 Å². The molecular formula is C7H18N2O2. The molecule has 0 spiro atoms. The number of rotatable bonds is 5. The quantitative estimate of drug-likeness (QED) is 0.532. The van der Waals surface area contributed by atoms with E-state index in [1.165, 1.54) is 0 Å². The van der Waals surface area contributed by atoms with Gasteiger partial charge in [-0.3, -0.25) is 5.32 Å². The van der Waals surface area contributed by atoms with Crippen LogP contribution in [0.5, 0.6) is 0 Å². The van der Waals surface area contributed by atoms with Crippen LogP contribution in [0, 0.1) is 0 Å². The normalized spacial score (nSPS) is 16.9. The Morgan fingerprint density at radius 2 is 2.09 bits per heavy atom. The number of likely N-dealkylation sites (N-methyl/N-ethyl adjacent to an activating group) is 2. The third-order valence-electron chi connectivity index (χ3n) is 1.30. The van der Waals surface area contributed by atoms with Gasteiger partial charge in [0.05, 0.1) is 6.54 Å². The number of nitrogens with one attached hydrogen (secondary N) is 1. The van der Waals surface area contributed by atoms with Crippen LogP contribution in [0.2, 0.25) is 0 Å². The van der Waals surface area contributed by atoms with Gasteiger partial charge in [-0.2, -0.15) is 0 Å². The fourth-order valence-corrected chi connectivity index (χ4v) is 0.864. The second kappa shape index (κ2) is 4.66. The van der Waals surface area contributed by atoms with E-state index in [0.717, 1.165) is 0 Å². The molecule has 0 bridgehead atoms. The maximum atomic E-state index is 9.62. The van der Waals surface area contributed by atoms with Crippen molar-refractivity contribution in [3.63, 3.8) is 0 Å². The van der Waals surface area contributed by atoms with Crippen molar-refractivity contribution in [2.75, 3.05) is 34.3 Å². The van der Waals surface area contributed by atoms with E-state index < -0.39 is 5.91 Å². The molecule has 0 heterocycles. The molecule has 1 unspecified atom stereocenters. The van der Waals surface area contributed by atoms with E-state index in [1.807, 2.05) is 25.9 Å². The van der Waals surface area contributed by atoms with E-state index in [1.54, 1.807) is 7.05 Å². The molecule has 0 aromatic carbocycles. The van der Waals surface area contributed by atoms with Gasteiger partial charge in [0.1, 0.15) is 0 Å². The average molecular weight is 162 g/mol. The van der Waals surface area contributed by atoms with Gasteiger partial charge in [0.15, 0.2) is 0 Å². The largest absolute Gasteiger partial charge is 0.352 e. The Bertz CT molecular complexity index is 109. The first-order valence-corrected chi connectivity index (χ1v) is 3.74. The van der Waals surface area contributed by atoms with Crippen molar-refractivity contribution >= 4 is 0 Å². The highest BCUT2D eigenvalue weighted by Crippen LogP contribution is 2.01. The molecule has 0 aromatic heterocycles. The van der Waals surface area contributed by atoms with Gasteiger partial charge in [-0.05, 0) is 28.1 Å². The zero-order valence-corrected chi connectivity index (χ0v) is 7.72. The molecule has 1 atom stereocenters. The summed E-state index contributed by atoms with van der Waals surface area (Å²) in [6, 6.07) is 0. The van der Waals surface area contributed by atoms with Gasteiger partial charge in [-0.1, -0.05) is 0 Å². The number of hydrogen-bond acceptors (Lipinski definition) is 4. The molecule has 0 aliphatic rings. The third kappa shape index (κ3) is 4.31. The summed E-state index contributed by atoms with van der Waals surface area (Å²) in [5.74, 6) is -1.21. The van der Waals surface area contributed by atoms with Crippen molar-refractivity contribution in [1.82, 2.24) is 10.2 Å². The molecule has 0 amide bonds. The van der Waals surface area contributed by atoms with Gasteiger partial charge in [-0.25, -0.2) is 0 Å². The topological polar surface area (TPSA) is 44.7 Å². The minimum Gasteiger partial charge on any atom is -0.352 e. The van der Waals surface area contributed by atoms with Crippen molar-refractivity contribution < 1.29 is 9.84 Å². The molecule has 0 saturated carbocycles. The summed E-state index contributed by atoms with van der Waals surface area (Å²) in [6.45, 7) is 2.78. The Balaban J connectivity index is 3.87. The lowest BCUT2D eigenvalue weighted by Gasteiger charge is -2.29. The lowest BCUT2D eigenvalue weighted by Crippen LogP contribution is -2.52. The molecular weight excluding hydrogens is 144 g/mol. The highest BCUT2D eigenvalue weighted by molar-refractivity contribution is 4.64. The molecule has 4 nitrogen and oxygen atoms in total. The van der Waals surface area contributed by atoms with Crippen molar-refractivity contribution in [1.29, 1.82) is 0 Å². The molecule has 0 aliphatic carbocycles. The monoisotopic (exact) mass is 162 g/mol. The predicted molar refractivity (Wildman–Crippen MR) is 44.2 cm³/mol. The van der Waals surface area contributed by atoms with Gasteiger partial charge < -0.3 is 14.7 Å². The van der Waals surface area contributed by atoms with Gasteiger partial charge >= 0.3 is 0 Å².